The van der Waals surface area contributed by atoms with Crippen LogP contribution in [0.15, 0.2) is 35.8 Å². The standard InChI is InChI=1S/C15H17N5O2S3/c1-10-3-2-4-11(7-10)17-14(23)20-19-13(22)9-24-8-12(21)18-15-16-5-6-25-15/h2-7H,8-9H2,1H3,(H,19,22)(H,16,18,21)(H2,17,20,23). The number of benzene rings is 1. The summed E-state index contributed by atoms with van der Waals surface area (Å²) in [5.74, 6) is -0.178. The Morgan fingerprint density at radius 1 is 1.20 bits per heavy atom. The van der Waals surface area contributed by atoms with Crippen LogP contribution in [-0.4, -0.2) is 33.4 Å². The van der Waals surface area contributed by atoms with E-state index in [-0.39, 0.29) is 28.4 Å². The fourth-order valence-corrected chi connectivity index (χ4v) is 3.06. The molecule has 0 spiro atoms. The molecule has 2 amide bonds. The van der Waals surface area contributed by atoms with Gasteiger partial charge in [0.2, 0.25) is 11.8 Å². The Bertz CT molecular complexity index is 737. The van der Waals surface area contributed by atoms with Gasteiger partial charge in [-0.1, -0.05) is 12.1 Å². The normalized spacial score (nSPS) is 9.96. The molecule has 0 aliphatic heterocycles. The molecule has 0 unspecified atom stereocenters. The number of thiocarbonyl (C=S) groups is 1. The van der Waals surface area contributed by atoms with E-state index >= 15 is 0 Å². The number of hydrogen-bond acceptors (Lipinski definition) is 6. The number of nitrogens with zero attached hydrogens (tertiary/aromatic N) is 1. The second-order valence-electron chi connectivity index (χ2n) is 4.88. The average molecular weight is 396 g/mol. The van der Waals surface area contributed by atoms with Gasteiger partial charge in [-0.05, 0) is 36.8 Å². The number of nitrogens with one attached hydrogen (secondary N) is 4. The molecular weight excluding hydrogens is 378 g/mol. The lowest BCUT2D eigenvalue weighted by molar-refractivity contribution is -0.119. The summed E-state index contributed by atoms with van der Waals surface area (Å²) in [5.41, 5.74) is 7.04. The Morgan fingerprint density at radius 3 is 2.72 bits per heavy atom. The molecule has 0 aliphatic carbocycles. The van der Waals surface area contributed by atoms with Crippen LogP contribution >= 0.6 is 35.3 Å². The van der Waals surface area contributed by atoms with Crippen molar-refractivity contribution in [3.8, 4) is 0 Å². The molecule has 7 nitrogen and oxygen atoms in total. The summed E-state index contributed by atoms with van der Waals surface area (Å²) in [6, 6.07) is 7.70. The Kier molecular flexibility index (Phi) is 7.64. The molecule has 25 heavy (non-hydrogen) atoms. The number of anilines is 2. The van der Waals surface area contributed by atoms with E-state index in [1.807, 2.05) is 31.2 Å². The first-order valence-corrected chi connectivity index (χ1v) is 9.67. The number of carbonyl (C=O) groups is 2. The lowest BCUT2D eigenvalue weighted by Crippen LogP contribution is -2.44. The first kappa shape index (κ1) is 19.2. The maximum atomic E-state index is 11.7. The third-order valence-electron chi connectivity index (χ3n) is 2.74. The van der Waals surface area contributed by atoms with E-state index < -0.39 is 0 Å². The highest BCUT2D eigenvalue weighted by Gasteiger charge is 2.07. The number of amides is 2. The number of aryl methyl sites for hydroxylation is 1. The third-order valence-corrected chi connectivity index (χ3v) is 4.56. The average Bonchev–Trinajstić information content (AvgIpc) is 3.06. The molecule has 2 aromatic rings. The van der Waals surface area contributed by atoms with Gasteiger partial charge >= 0.3 is 0 Å². The van der Waals surface area contributed by atoms with Gasteiger partial charge in [-0.15, -0.1) is 23.1 Å². The van der Waals surface area contributed by atoms with Gasteiger partial charge in [0.15, 0.2) is 10.2 Å². The summed E-state index contributed by atoms with van der Waals surface area (Å²) in [7, 11) is 0. The molecule has 4 N–H and O–H groups in total. The van der Waals surface area contributed by atoms with Crippen molar-refractivity contribution in [2.45, 2.75) is 6.92 Å². The van der Waals surface area contributed by atoms with Gasteiger partial charge in [0.05, 0.1) is 11.5 Å². The maximum Gasteiger partial charge on any atom is 0.248 e. The molecule has 0 atom stereocenters. The fraction of sp³-hybridized carbons (Fsp3) is 0.200. The largest absolute Gasteiger partial charge is 0.331 e. The first-order valence-electron chi connectivity index (χ1n) is 7.22. The van der Waals surface area contributed by atoms with Crippen molar-refractivity contribution in [2.75, 3.05) is 22.1 Å². The predicted octanol–water partition coefficient (Wildman–Crippen LogP) is 2.14. The van der Waals surface area contributed by atoms with E-state index in [4.69, 9.17) is 12.2 Å². The lowest BCUT2D eigenvalue weighted by Gasteiger charge is -2.11. The zero-order valence-electron chi connectivity index (χ0n) is 13.4. The van der Waals surface area contributed by atoms with Crippen LogP contribution in [-0.2, 0) is 9.59 Å². The summed E-state index contributed by atoms with van der Waals surface area (Å²) in [6.07, 6.45) is 1.61. The van der Waals surface area contributed by atoms with E-state index in [0.717, 1.165) is 11.3 Å². The molecule has 132 valence electrons. The van der Waals surface area contributed by atoms with Gasteiger partial charge in [0.25, 0.3) is 0 Å². The van der Waals surface area contributed by atoms with Crippen LogP contribution in [0.5, 0.6) is 0 Å². The second kappa shape index (κ2) is 9.97. The molecule has 0 saturated carbocycles. The molecule has 10 heteroatoms. The van der Waals surface area contributed by atoms with E-state index in [2.05, 4.69) is 26.5 Å². The van der Waals surface area contributed by atoms with E-state index in [1.54, 1.807) is 11.6 Å². The van der Waals surface area contributed by atoms with Gasteiger partial charge in [0.1, 0.15) is 0 Å². The van der Waals surface area contributed by atoms with Crippen LogP contribution in [0.25, 0.3) is 0 Å². The number of hydrazine groups is 1. The zero-order valence-corrected chi connectivity index (χ0v) is 15.8. The van der Waals surface area contributed by atoms with Crippen LogP contribution in [0.2, 0.25) is 0 Å². The molecule has 0 saturated heterocycles. The van der Waals surface area contributed by atoms with Gasteiger partial charge in [-0.25, -0.2) is 4.98 Å². The lowest BCUT2D eigenvalue weighted by atomic mass is 10.2. The Balaban J connectivity index is 1.60. The van der Waals surface area contributed by atoms with Crippen molar-refractivity contribution < 1.29 is 9.59 Å². The highest BCUT2D eigenvalue weighted by Crippen LogP contribution is 2.11. The van der Waals surface area contributed by atoms with Gasteiger partial charge < -0.3 is 10.6 Å². The minimum Gasteiger partial charge on any atom is -0.331 e. The summed E-state index contributed by atoms with van der Waals surface area (Å²) in [5, 5.41) is 8.22. The van der Waals surface area contributed by atoms with Crippen molar-refractivity contribution in [2.24, 2.45) is 0 Å². The molecule has 0 aliphatic rings. The summed E-state index contributed by atoms with van der Waals surface area (Å²) >= 11 is 7.64. The van der Waals surface area contributed by atoms with Gasteiger partial charge in [-0.3, -0.25) is 20.4 Å². The highest BCUT2D eigenvalue weighted by molar-refractivity contribution is 8.00. The topological polar surface area (TPSA) is 95.1 Å². The molecular formula is C15H17N5O2S3. The minimum absolute atomic E-state index is 0.130. The summed E-state index contributed by atoms with van der Waals surface area (Å²) < 4.78 is 0. The number of carbonyl (C=O) groups excluding carboxylic acids is 2. The number of rotatable bonds is 6. The zero-order chi connectivity index (χ0) is 18.1. The van der Waals surface area contributed by atoms with Crippen molar-refractivity contribution in [3.63, 3.8) is 0 Å². The Morgan fingerprint density at radius 2 is 2.00 bits per heavy atom. The molecule has 0 fully saturated rings. The van der Waals surface area contributed by atoms with Crippen LogP contribution in [0, 0.1) is 6.92 Å². The smallest absolute Gasteiger partial charge is 0.248 e. The summed E-state index contributed by atoms with van der Waals surface area (Å²) in [4.78, 5) is 27.3. The van der Waals surface area contributed by atoms with Crippen molar-refractivity contribution >= 4 is 63.1 Å². The quantitative estimate of drug-likeness (QED) is 0.440. The van der Waals surface area contributed by atoms with Gasteiger partial charge in [0, 0.05) is 17.3 Å². The van der Waals surface area contributed by atoms with Crippen molar-refractivity contribution in [1.82, 2.24) is 15.8 Å². The highest BCUT2D eigenvalue weighted by atomic mass is 32.2. The van der Waals surface area contributed by atoms with Crippen LogP contribution in [0.1, 0.15) is 5.56 Å². The van der Waals surface area contributed by atoms with E-state index in [0.29, 0.717) is 5.13 Å². The SMILES string of the molecule is Cc1cccc(NC(=S)NNC(=O)CSCC(=O)Nc2nccs2)c1. The third kappa shape index (κ3) is 7.50. The fourth-order valence-electron chi connectivity index (χ4n) is 1.72. The maximum absolute atomic E-state index is 11.7. The number of thioether (sulfide) groups is 1. The number of thiazole rings is 1. The van der Waals surface area contributed by atoms with Crippen LogP contribution < -0.4 is 21.5 Å². The monoisotopic (exact) mass is 395 g/mol. The number of aromatic nitrogens is 1. The molecule has 0 bridgehead atoms. The molecule has 1 aromatic carbocycles. The van der Waals surface area contributed by atoms with Crippen LogP contribution in [0.3, 0.4) is 0 Å². The summed E-state index contributed by atoms with van der Waals surface area (Å²) in [6.45, 7) is 1.98. The second-order valence-corrected chi connectivity index (χ2v) is 7.16. The first-order chi connectivity index (χ1) is 12.0. The van der Waals surface area contributed by atoms with Crippen molar-refractivity contribution in [3.05, 3.63) is 41.4 Å². The molecule has 2 rings (SSSR count). The van der Waals surface area contributed by atoms with E-state index in [1.165, 1.54) is 23.1 Å². The van der Waals surface area contributed by atoms with E-state index in [9.17, 15) is 9.59 Å². The van der Waals surface area contributed by atoms with Crippen LogP contribution in [0.4, 0.5) is 10.8 Å². The molecule has 0 radical (unpaired) electrons. The van der Waals surface area contributed by atoms with Gasteiger partial charge in [-0.2, -0.15) is 0 Å². The molecule has 1 heterocycles. The minimum atomic E-state index is -0.277. The Hall–Kier alpha value is -2.17. The Labute approximate surface area is 159 Å². The predicted molar refractivity (Wildman–Crippen MR) is 107 cm³/mol. The number of hydrogen-bond donors (Lipinski definition) is 4. The molecule has 1 aromatic heterocycles. The van der Waals surface area contributed by atoms with Crippen molar-refractivity contribution in [1.29, 1.82) is 0 Å².